The Balaban J connectivity index is 1.32. The molecular formula is C43H28N4O. The van der Waals surface area contributed by atoms with Crippen molar-refractivity contribution in [2.45, 2.75) is 6.29 Å². The Morgan fingerprint density at radius 2 is 1.12 bits per heavy atom. The summed E-state index contributed by atoms with van der Waals surface area (Å²) < 4.78 is 9.14. The zero-order chi connectivity index (χ0) is 31.6. The Morgan fingerprint density at radius 3 is 1.90 bits per heavy atom. The molecule has 0 amide bonds. The molecule has 7 aromatic carbocycles. The molecule has 10 rings (SSSR count). The summed E-state index contributed by atoms with van der Waals surface area (Å²) in [5.74, 6) is 1.56. The van der Waals surface area contributed by atoms with E-state index < -0.39 is 6.29 Å². The van der Waals surface area contributed by atoms with Crippen molar-refractivity contribution in [3.05, 3.63) is 169 Å². The average molecular weight is 617 g/mol. The van der Waals surface area contributed by atoms with Gasteiger partial charge in [-0.05, 0) is 57.6 Å². The third-order valence-corrected chi connectivity index (χ3v) is 9.42. The molecule has 5 heteroatoms. The SMILES string of the molecule is c1ccc(C2=NC(n3c4cc(-c5ccc6ccccc6c5)cc5oc6ccccc6c6cccc3c6c54)N=C(c3ccccc3)N2)cc1. The summed E-state index contributed by atoms with van der Waals surface area (Å²) in [6.07, 6.45) is -0.568. The minimum absolute atomic E-state index is 0.568. The number of aliphatic imine (C=N–C) groups is 2. The zero-order valence-electron chi connectivity index (χ0n) is 25.8. The molecule has 0 aliphatic carbocycles. The number of para-hydroxylation sites is 1. The van der Waals surface area contributed by atoms with E-state index in [-0.39, 0.29) is 0 Å². The first-order chi connectivity index (χ1) is 23.8. The Kier molecular flexibility index (Phi) is 5.87. The van der Waals surface area contributed by atoms with Crippen LogP contribution in [0.4, 0.5) is 0 Å². The first-order valence-corrected chi connectivity index (χ1v) is 16.2. The van der Waals surface area contributed by atoms with E-state index in [2.05, 4.69) is 125 Å². The van der Waals surface area contributed by atoms with Gasteiger partial charge in [0.2, 0.25) is 6.29 Å². The monoisotopic (exact) mass is 616 g/mol. The van der Waals surface area contributed by atoms with Crippen LogP contribution in [-0.4, -0.2) is 16.2 Å². The minimum Gasteiger partial charge on any atom is -0.456 e. The molecule has 0 saturated heterocycles. The van der Waals surface area contributed by atoms with E-state index in [9.17, 15) is 0 Å². The number of rotatable bonds is 4. The highest BCUT2D eigenvalue weighted by Gasteiger charge is 2.26. The number of aromatic nitrogens is 1. The largest absolute Gasteiger partial charge is 0.456 e. The molecule has 1 N–H and O–H groups in total. The van der Waals surface area contributed by atoms with Gasteiger partial charge in [0.05, 0.1) is 16.4 Å². The first kappa shape index (κ1) is 26.7. The van der Waals surface area contributed by atoms with Crippen LogP contribution in [0.3, 0.4) is 0 Å². The molecule has 9 aromatic rings. The highest BCUT2D eigenvalue weighted by atomic mass is 16.3. The topological polar surface area (TPSA) is 54.8 Å². The maximum atomic E-state index is 6.85. The van der Waals surface area contributed by atoms with Gasteiger partial charge < -0.3 is 9.73 Å². The van der Waals surface area contributed by atoms with Gasteiger partial charge in [-0.2, -0.15) is 0 Å². The molecule has 1 aliphatic heterocycles. The van der Waals surface area contributed by atoms with Gasteiger partial charge >= 0.3 is 0 Å². The zero-order valence-corrected chi connectivity index (χ0v) is 25.8. The lowest BCUT2D eigenvalue weighted by atomic mass is 9.99. The summed E-state index contributed by atoms with van der Waals surface area (Å²) in [5.41, 5.74) is 7.94. The Bertz CT molecular complexity index is 2700. The van der Waals surface area contributed by atoms with Crippen molar-refractivity contribution in [2.24, 2.45) is 9.98 Å². The molecule has 0 atom stereocenters. The lowest BCUT2D eigenvalue weighted by Crippen LogP contribution is -2.36. The Morgan fingerprint density at radius 1 is 0.458 bits per heavy atom. The summed E-state index contributed by atoms with van der Waals surface area (Å²) in [6.45, 7) is 0. The highest BCUT2D eigenvalue weighted by molar-refractivity contribution is 6.27. The fraction of sp³-hybridized carbons (Fsp3) is 0.0233. The molecule has 3 heterocycles. The summed E-state index contributed by atoms with van der Waals surface area (Å²) in [5, 5.41) is 10.4. The molecule has 0 fully saturated rings. The van der Waals surface area contributed by atoms with Crippen molar-refractivity contribution in [2.75, 3.05) is 0 Å². The van der Waals surface area contributed by atoms with Gasteiger partial charge in [-0.3, -0.25) is 4.57 Å². The molecule has 0 radical (unpaired) electrons. The van der Waals surface area contributed by atoms with Crippen molar-refractivity contribution in [1.29, 1.82) is 0 Å². The highest BCUT2D eigenvalue weighted by Crippen LogP contribution is 2.43. The summed E-state index contributed by atoms with van der Waals surface area (Å²) in [6, 6.07) is 55.0. The number of hydrogen-bond donors (Lipinski definition) is 1. The van der Waals surface area contributed by atoms with Crippen molar-refractivity contribution in [1.82, 2.24) is 9.88 Å². The number of fused-ring (bicyclic) bond motifs is 3. The van der Waals surface area contributed by atoms with Crippen LogP contribution in [0.1, 0.15) is 17.4 Å². The number of nitrogens with zero attached hydrogens (tertiary/aromatic N) is 3. The van der Waals surface area contributed by atoms with E-state index in [1.54, 1.807) is 0 Å². The Labute approximate surface area is 276 Å². The summed E-state index contributed by atoms with van der Waals surface area (Å²) >= 11 is 0. The second kappa shape index (κ2) is 10.5. The van der Waals surface area contributed by atoms with Crippen LogP contribution < -0.4 is 5.32 Å². The van der Waals surface area contributed by atoms with Gasteiger partial charge in [-0.25, -0.2) is 9.98 Å². The van der Waals surface area contributed by atoms with Gasteiger partial charge in [0.25, 0.3) is 0 Å². The second-order valence-electron chi connectivity index (χ2n) is 12.3. The van der Waals surface area contributed by atoms with E-state index in [0.717, 1.165) is 77.7 Å². The average Bonchev–Trinajstić information content (AvgIpc) is 3.42. The van der Waals surface area contributed by atoms with Crippen LogP contribution >= 0.6 is 0 Å². The second-order valence-corrected chi connectivity index (χ2v) is 12.3. The standard InChI is InChI=1S/C43H28N4O/c1-3-13-28(14-4-1)41-44-42(29-15-5-2-6-16-29)46-43(45-41)47-35-20-11-19-34-33-18-9-10-21-37(33)48-38-26-32(25-36(47)40(38)39(34)35)31-23-22-27-12-7-8-17-30(27)24-31/h1-26,43H,(H,44,45,46). The van der Waals surface area contributed by atoms with Gasteiger partial charge in [-0.15, -0.1) is 0 Å². The van der Waals surface area contributed by atoms with Crippen LogP contribution in [0.5, 0.6) is 0 Å². The number of nitrogens with one attached hydrogen (secondary N) is 1. The molecule has 0 unspecified atom stereocenters. The molecule has 226 valence electrons. The van der Waals surface area contributed by atoms with Crippen LogP contribution in [0.15, 0.2) is 172 Å². The molecule has 0 spiro atoms. The van der Waals surface area contributed by atoms with Crippen molar-refractivity contribution in [3.63, 3.8) is 0 Å². The summed E-state index contributed by atoms with van der Waals surface area (Å²) in [7, 11) is 0. The van der Waals surface area contributed by atoms with E-state index in [1.165, 1.54) is 10.8 Å². The minimum atomic E-state index is -0.568. The fourth-order valence-electron chi connectivity index (χ4n) is 7.20. The fourth-order valence-corrected chi connectivity index (χ4v) is 7.20. The van der Waals surface area contributed by atoms with Gasteiger partial charge in [0, 0.05) is 21.9 Å². The smallest absolute Gasteiger partial charge is 0.224 e. The van der Waals surface area contributed by atoms with Gasteiger partial charge in [0.15, 0.2) is 0 Å². The van der Waals surface area contributed by atoms with Crippen LogP contribution in [0.2, 0.25) is 0 Å². The predicted octanol–water partition coefficient (Wildman–Crippen LogP) is 10.5. The normalized spacial score (nSPS) is 13.8. The maximum absolute atomic E-state index is 6.85. The third kappa shape index (κ3) is 4.18. The van der Waals surface area contributed by atoms with Gasteiger partial charge in [0.1, 0.15) is 22.8 Å². The molecule has 5 nitrogen and oxygen atoms in total. The number of hydrogen-bond acceptors (Lipinski definition) is 4. The Hall–Kier alpha value is -6.46. The quantitative estimate of drug-likeness (QED) is 0.214. The van der Waals surface area contributed by atoms with E-state index >= 15 is 0 Å². The third-order valence-electron chi connectivity index (χ3n) is 9.42. The van der Waals surface area contributed by atoms with Crippen molar-refractivity contribution >= 4 is 66.2 Å². The number of benzene rings is 7. The molecular weight excluding hydrogens is 589 g/mol. The predicted molar refractivity (Wildman–Crippen MR) is 198 cm³/mol. The molecule has 1 aliphatic rings. The van der Waals surface area contributed by atoms with E-state index in [1.807, 2.05) is 42.5 Å². The van der Waals surface area contributed by atoms with Crippen LogP contribution in [0.25, 0.3) is 65.6 Å². The van der Waals surface area contributed by atoms with Crippen LogP contribution in [0, 0.1) is 0 Å². The maximum Gasteiger partial charge on any atom is 0.224 e. The van der Waals surface area contributed by atoms with Gasteiger partial charge in [-0.1, -0.05) is 127 Å². The van der Waals surface area contributed by atoms with Crippen molar-refractivity contribution < 1.29 is 4.42 Å². The van der Waals surface area contributed by atoms with Crippen LogP contribution in [-0.2, 0) is 0 Å². The lowest BCUT2D eigenvalue weighted by molar-refractivity contribution is 0.575. The number of amidine groups is 2. The molecule has 2 aromatic heterocycles. The molecule has 48 heavy (non-hydrogen) atoms. The van der Waals surface area contributed by atoms with E-state index in [0.29, 0.717) is 0 Å². The first-order valence-electron chi connectivity index (χ1n) is 16.2. The van der Waals surface area contributed by atoms with Crippen molar-refractivity contribution in [3.8, 4) is 11.1 Å². The molecule has 0 saturated carbocycles. The molecule has 0 bridgehead atoms. The summed E-state index contributed by atoms with van der Waals surface area (Å²) in [4.78, 5) is 10.6. The lowest BCUT2D eigenvalue weighted by Gasteiger charge is -2.24. The van der Waals surface area contributed by atoms with E-state index in [4.69, 9.17) is 14.4 Å².